The molecule has 3 aromatic rings. The first-order chi connectivity index (χ1) is 15.5. The Bertz CT molecular complexity index is 1080. The molecule has 0 aliphatic heterocycles. The van der Waals surface area contributed by atoms with E-state index >= 15 is 0 Å². The van der Waals surface area contributed by atoms with E-state index in [0.29, 0.717) is 28.8 Å². The predicted molar refractivity (Wildman–Crippen MR) is 127 cm³/mol. The third kappa shape index (κ3) is 6.49. The molecular formula is C25H25ClN2O4. The van der Waals surface area contributed by atoms with Crippen LogP contribution in [-0.4, -0.2) is 25.8 Å². The molecule has 0 aromatic heterocycles. The number of aryl methyl sites for hydroxylation is 2. The molecule has 0 unspecified atom stereocenters. The van der Waals surface area contributed by atoms with Gasteiger partial charge in [-0.25, -0.2) is 0 Å². The molecule has 0 aliphatic carbocycles. The lowest BCUT2D eigenvalue weighted by Crippen LogP contribution is -2.18. The molecule has 0 radical (unpaired) electrons. The van der Waals surface area contributed by atoms with Gasteiger partial charge in [0.1, 0.15) is 6.61 Å². The number of hydrogen-bond donors (Lipinski definition) is 1. The van der Waals surface area contributed by atoms with Crippen LogP contribution >= 0.6 is 11.6 Å². The smallest absolute Gasteiger partial charge is 0.265 e. The maximum absolute atomic E-state index is 12.1. The number of amides is 1. The Kier molecular flexibility index (Phi) is 8.11. The van der Waals surface area contributed by atoms with E-state index in [1.54, 1.807) is 25.3 Å². The van der Waals surface area contributed by atoms with Gasteiger partial charge in [-0.2, -0.15) is 0 Å². The number of carbonyl (C=O) groups is 1. The minimum absolute atomic E-state index is 0.241. The van der Waals surface area contributed by atoms with Gasteiger partial charge in [-0.1, -0.05) is 53.2 Å². The highest BCUT2D eigenvalue weighted by Gasteiger charge is 2.10. The number of rotatable bonds is 9. The fourth-order valence-corrected chi connectivity index (χ4v) is 3.43. The van der Waals surface area contributed by atoms with Crippen LogP contribution < -0.4 is 14.8 Å². The van der Waals surface area contributed by atoms with Crippen LogP contribution in [0.4, 0.5) is 5.69 Å². The van der Waals surface area contributed by atoms with E-state index in [1.807, 2.05) is 56.3 Å². The molecular weight excluding hydrogens is 428 g/mol. The van der Waals surface area contributed by atoms with Crippen LogP contribution in [0.3, 0.4) is 0 Å². The second-order valence-corrected chi connectivity index (χ2v) is 7.59. The normalized spacial score (nSPS) is 10.8. The molecule has 0 saturated carbocycles. The van der Waals surface area contributed by atoms with Gasteiger partial charge in [0.15, 0.2) is 18.1 Å². The number of anilines is 1. The van der Waals surface area contributed by atoms with Crippen LogP contribution in [-0.2, 0) is 16.2 Å². The van der Waals surface area contributed by atoms with Gasteiger partial charge in [0.05, 0.1) is 24.0 Å². The number of nitrogens with one attached hydrogen (secondary N) is 1. The molecule has 0 aliphatic rings. The van der Waals surface area contributed by atoms with Crippen LogP contribution in [0, 0.1) is 13.8 Å². The molecule has 6 nitrogen and oxygen atoms in total. The zero-order valence-corrected chi connectivity index (χ0v) is 19.0. The Morgan fingerprint density at radius 1 is 1.06 bits per heavy atom. The lowest BCUT2D eigenvalue weighted by Gasteiger charge is -2.11. The van der Waals surface area contributed by atoms with Crippen molar-refractivity contribution in [3.05, 3.63) is 87.9 Å². The summed E-state index contributed by atoms with van der Waals surface area (Å²) in [5.41, 5.74) is 4.29. The van der Waals surface area contributed by atoms with Crippen molar-refractivity contribution in [2.45, 2.75) is 20.5 Å². The number of ether oxygens (including phenoxy) is 2. The summed E-state index contributed by atoms with van der Waals surface area (Å²) in [5.74, 6) is 0.851. The standard InChI is InChI=1S/C25H25ClN2O4/c1-17-11-18(2)25(21(26)12-17)28-24(29)16-32-27-14-20-9-10-22(23(13-20)30-3)31-15-19-7-5-4-6-8-19/h4-14H,15-16H2,1-3H3,(H,28,29)/b27-14+. The Hall–Kier alpha value is -3.51. The van der Waals surface area contributed by atoms with Gasteiger partial charge in [0, 0.05) is 5.56 Å². The van der Waals surface area contributed by atoms with E-state index in [1.165, 1.54) is 6.21 Å². The first-order valence-corrected chi connectivity index (χ1v) is 10.4. The van der Waals surface area contributed by atoms with E-state index in [2.05, 4.69) is 10.5 Å². The molecule has 166 valence electrons. The number of benzene rings is 3. The largest absolute Gasteiger partial charge is 0.493 e. The molecule has 0 spiro atoms. The molecule has 1 amide bonds. The fourth-order valence-electron chi connectivity index (χ4n) is 3.06. The summed E-state index contributed by atoms with van der Waals surface area (Å²) in [5, 5.41) is 7.10. The lowest BCUT2D eigenvalue weighted by atomic mass is 10.1. The average Bonchev–Trinajstić information content (AvgIpc) is 2.78. The SMILES string of the molecule is COc1cc(/C=N/OCC(=O)Nc2c(C)cc(C)cc2Cl)ccc1OCc1ccccc1. The van der Waals surface area contributed by atoms with Crippen LogP contribution in [0.5, 0.6) is 11.5 Å². The van der Waals surface area contributed by atoms with Gasteiger partial charge in [-0.05, 0) is 54.8 Å². The maximum atomic E-state index is 12.1. The lowest BCUT2D eigenvalue weighted by molar-refractivity contribution is -0.120. The molecule has 0 fully saturated rings. The number of hydrogen-bond acceptors (Lipinski definition) is 5. The fraction of sp³-hybridized carbons (Fsp3) is 0.200. The molecule has 0 bridgehead atoms. The van der Waals surface area contributed by atoms with Crippen molar-refractivity contribution >= 4 is 29.4 Å². The van der Waals surface area contributed by atoms with Crippen molar-refractivity contribution in [2.24, 2.45) is 5.16 Å². The predicted octanol–water partition coefficient (Wildman–Crippen LogP) is 5.53. The first-order valence-electron chi connectivity index (χ1n) is 10.0. The van der Waals surface area contributed by atoms with E-state index in [9.17, 15) is 4.79 Å². The Balaban J connectivity index is 1.53. The van der Waals surface area contributed by atoms with Gasteiger partial charge >= 0.3 is 0 Å². The van der Waals surface area contributed by atoms with Crippen LogP contribution in [0.15, 0.2) is 65.8 Å². The summed E-state index contributed by atoms with van der Waals surface area (Å²) >= 11 is 6.21. The molecule has 0 saturated heterocycles. The Morgan fingerprint density at radius 2 is 1.84 bits per heavy atom. The average molecular weight is 453 g/mol. The third-order valence-electron chi connectivity index (χ3n) is 4.59. The highest BCUT2D eigenvalue weighted by molar-refractivity contribution is 6.34. The van der Waals surface area contributed by atoms with Crippen LogP contribution in [0.2, 0.25) is 5.02 Å². The molecule has 7 heteroatoms. The van der Waals surface area contributed by atoms with Crippen LogP contribution in [0.25, 0.3) is 0 Å². The van der Waals surface area contributed by atoms with E-state index in [0.717, 1.165) is 22.3 Å². The highest BCUT2D eigenvalue weighted by Crippen LogP contribution is 2.29. The third-order valence-corrected chi connectivity index (χ3v) is 4.89. The summed E-state index contributed by atoms with van der Waals surface area (Å²) < 4.78 is 11.3. The zero-order valence-electron chi connectivity index (χ0n) is 18.2. The van der Waals surface area contributed by atoms with E-state index < -0.39 is 0 Å². The molecule has 0 atom stereocenters. The monoisotopic (exact) mass is 452 g/mol. The van der Waals surface area contributed by atoms with Gasteiger partial charge in [-0.3, -0.25) is 4.79 Å². The van der Waals surface area contributed by atoms with Gasteiger partial charge < -0.3 is 19.6 Å². The van der Waals surface area contributed by atoms with Crippen molar-refractivity contribution in [3.63, 3.8) is 0 Å². The molecule has 3 rings (SSSR count). The molecule has 3 aromatic carbocycles. The first kappa shape index (κ1) is 23.2. The second-order valence-electron chi connectivity index (χ2n) is 7.18. The van der Waals surface area contributed by atoms with Gasteiger partial charge in [0.2, 0.25) is 0 Å². The quantitative estimate of drug-likeness (QED) is 0.342. The van der Waals surface area contributed by atoms with Crippen molar-refractivity contribution in [1.29, 1.82) is 0 Å². The molecule has 0 heterocycles. The minimum atomic E-state index is -0.349. The zero-order chi connectivity index (χ0) is 22.9. The highest BCUT2D eigenvalue weighted by atomic mass is 35.5. The van der Waals surface area contributed by atoms with E-state index in [4.69, 9.17) is 25.9 Å². The van der Waals surface area contributed by atoms with Crippen molar-refractivity contribution in [1.82, 2.24) is 0 Å². The van der Waals surface area contributed by atoms with Gasteiger partial charge in [0.25, 0.3) is 5.91 Å². The van der Waals surface area contributed by atoms with Crippen molar-refractivity contribution in [2.75, 3.05) is 19.0 Å². The van der Waals surface area contributed by atoms with Gasteiger partial charge in [-0.15, -0.1) is 0 Å². The molecule has 1 N–H and O–H groups in total. The number of carbonyl (C=O) groups excluding carboxylic acids is 1. The number of nitrogens with zero attached hydrogens (tertiary/aromatic N) is 1. The Morgan fingerprint density at radius 3 is 2.56 bits per heavy atom. The number of oxime groups is 1. The van der Waals surface area contributed by atoms with Crippen molar-refractivity contribution < 1.29 is 19.1 Å². The summed E-state index contributed by atoms with van der Waals surface area (Å²) in [6, 6.07) is 19.0. The van der Waals surface area contributed by atoms with E-state index in [-0.39, 0.29) is 12.5 Å². The van der Waals surface area contributed by atoms with Crippen LogP contribution in [0.1, 0.15) is 22.3 Å². The number of halogens is 1. The maximum Gasteiger partial charge on any atom is 0.265 e. The number of methoxy groups -OCH3 is 1. The minimum Gasteiger partial charge on any atom is -0.493 e. The summed E-state index contributed by atoms with van der Waals surface area (Å²) in [7, 11) is 1.57. The summed E-state index contributed by atoms with van der Waals surface area (Å²) in [6.07, 6.45) is 1.50. The summed E-state index contributed by atoms with van der Waals surface area (Å²) in [6.45, 7) is 4.02. The topological polar surface area (TPSA) is 69.2 Å². The summed E-state index contributed by atoms with van der Waals surface area (Å²) in [4.78, 5) is 17.3. The molecule has 32 heavy (non-hydrogen) atoms. The van der Waals surface area contributed by atoms with Crippen molar-refractivity contribution in [3.8, 4) is 11.5 Å². The Labute approximate surface area is 192 Å². The second kappa shape index (κ2) is 11.2.